The number of fused-ring (bicyclic) bond motifs is 1. The van der Waals surface area contributed by atoms with Crippen molar-refractivity contribution in [3.63, 3.8) is 0 Å². The van der Waals surface area contributed by atoms with Crippen molar-refractivity contribution in [2.45, 2.75) is 39.2 Å². The summed E-state index contributed by atoms with van der Waals surface area (Å²) < 4.78 is 5.83. The molecule has 4 aromatic rings. The highest BCUT2D eigenvalue weighted by Gasteiger charge is 2.25. The van der Waals surface area contributed by atoms with Crippen molar-refractivity contribution in [3.8, 4) is 11.5 Å². The number of hydrogen-bond donors (Lipinski definition) is 1. The minimum absolute atomic E-state index is 0.134. The molecule has 2 aromatic carbocycles. The average Bonchev–Trinajstić information content (AvgIpc) is 3.18. The molecule has 1 saturated heterocycles. The summed E-state index contributed by atoms with van der Waals surface area (Å²) in [6.07, 6.45) is 5.18. The second-order valence-corrected chi connectivity index (χ2v) is 9.36. The molecule has 0 aliphatic carbocycles. The quantitative estimate of drug-likeness (QED) is 0.374. The first-order valence-electron chi connectivity index (χ1n) is 11.2. The summed E-state index contributed by atoms with van der Waals surface area (Å²) in [4.78, 5) is 26.1. The lowest BCUT2D eigenvalue weighted by molar-refractivity contribution is 0.103. The molecular weight excluding hydrogens is 432 g/mol. The predicted octanol–water partition coefficient (Wildman–Crippen LogP) is 6.42. The summed E-state index contributed by atoms with van der Waals surface area (Å²) >= 11 is 1.42. The van der Waals surface area contributed by atoms with Gasteiger partial charge in [-0.1, -0.05) is 18.2 Å². The average molecular weight is 459 g/mol. The Balaban J connectivity index is 1.36. The molecule has 1 aliphatic heterocycles. The smallest absolute Gasteiger partial charge is 0.266 e. The molecule has 1 N–H and O–H groups in total. The first-order valence-corrected chi connectivity index (χ1v) is 12.1. The molecular formula is C26H26N4O2S. The second-order valence-electron chi connectivity index (χ2n) is 8.37. The first kappa shape index (κ1) is 21.4. The highest BCUT2D eigenvalue weighted by molar-refractivity contribution is 7.20. The van der Waals surface area contributed by atoms with Gasteiger partial charge in [0.05, 0.1) is 10.3 Å². The number of nitrogens with one attached hydrogen (secondary N) is 1. The molecule has 3 heterocycles. The van der Waals surface area contributed by atoms with Gasteiger partial charge in [-0.25, -0.2) is 9.97 Å². The van der Waals surface area contributed by atoms with Crippen LogP contribution in [0.5, 0.6) is 11.5 Å². The topological polar surface area (TPSA) is 67.3 Å². The lowest BCUT2D eigenvalue weighted by Gasteiger charge is -2.34. The Morgan fingerprint density at radius 1 is 1.06 bits per heavy atom. The van der Waals surface area contributed by atoms with Crippen LogP contribution in [-0.4, -0.2) is 28.5 Å². The number of benzene rings is 2. The van der Waals surface area contributed by atoms with Gasteiger partial charge in [0.2, 0.25) is 0 Å². The van der Waals surface area contributed by atoms with E-state index in [1.165, 1.54) is 17.8 Å². The molecule has 0 radical (unpaired) electrons. The van der Waals surface area contributed by atoms with Crippen molar-refractivity contribution in [2.75, 3.05) is 16.8 Å². The molecule has 33 heavy (non-hydrogen) atoms. The standard InChI is InChI=1S/C26H26N4O2S/c1-17-8-6-7-15-30(17)24-22-18(2)23(33-26(22)28-16-27-24)25(31)29-19-11-13-21(14-12-19)32-20-9-4-3-5-10-20/h3-5,9-14,16-17H,6-8,15H2,1-2H3,(H,29,31)/t17-/m1/s1. The van der Waals surface area contributed by atoms with E-state index >= 15 is 0 Å². The minimum atomic E-state index is -0.134. The number of ether oxygens (including phenoxy) is 1. The number of hydrogen-bond acceptors (Lipinski definition) is 6. The van der Waals surface area contributed by atoms with E-state index < -0.39 is 0 Å². The Morgan fingerprint density at radius 3 is 2.58 bits per heavy atom. The van der Waals surface area contributed by atoms with Crippen LogP contribution < -0.4 is 15.0 Å². The molecule has 0 unspecified atom stereocenters. The van der Waals surface area contributed by atoms with Crippen molar-refractivity contribution in [2.24, 2.45) is 0 Å². The normalized spacial score (nSPS) is 16.1. The van der Waals surface area contributed by atoms with Crippen LogP contribution in [0.4, 0.5) is 11.5 Å². The van der Waals surface area contributed by atoms with Crippen LogP contribution in [0.25, 0.3) is 10.2 Å². The lowest BCUT2D eigenvalue weighted by atomic mass is 10.0. The second kappa shape index (κ2) is 9.19. The van der Waals surface area contributed by atoms with Crippen LogP contribution in [0.1, 0.15) is 41.4 Å². The third kappa shape index (κ3) is 4.41. The number of rotatable bonds is 5. The number of nitrogens with zero attached hydrogens (tertiary/aromatic N) is 3. The van der Waals surface area contributed by atoms with Crippen LogP contribution in [0, 0.1) is 6.92 Å². The molecule has 5 rings (SSSR count). The van der Waals surface area contributed by atoms with E-state index in [1.807, 2.05) is 61.5 Å². The van der Waals surface area contributed by atoms with Crippen LogP contribution in [0.3, 0.4) is 0 Å². The summed E-state index contributed by atoms with van der Waals surface area (Å²) in [6.45, 7) is 5.22. The lowest BCUT2D eigenvalue weighted by Crippen LogP contribution is -2.38. The molecule has 0 spiro atoms. The zero-order valence-corrected chi connectivity index (χ0v) is 19.6. The summed E-state index contributed by atoms with van der Waals surface area (Å²) in [6, 6.07) is 17.4. The van der Waals surface area contributed by atoms with E-state index in [2.05, 4.69) is 27.1 Å². The molecule has 0 bridgehead atoms. The van der Waals surface area contributed by atoms with E-state index in [0.29, 0.717) is 22.4 Å². The summed E-state index contributed by atoms with van der Waals surface area (Å²) in [7, 11) is 0. The van der Waals surface area contributed by atoms with Crippen LogP contribution >= 0.6 is 11.3 Å². The van der Waals surface area contributed by atoms with Crippen molar-refractivity contribution < 1.29 is 9.53 Å². The third-order valence-corrected chi connectivity index (χ3v) is 7.28. The van der Waals surface area contributed by atoms with Gasteiger partial charge in [-0.15, -0.1) is 11.3 Å². The Labute approximate surface area is 197 Å². The number of aromatic nitrogens is 2. The summed E-state index contributed by atoms with van der Waals surface area (Å²) in [5.41, 5.74) is 1.65. The van der Waals surface area contributed by atoms with Crippen molar-refractivity contribution >= 4 is 39.0 Å². The number of carbonyl (C=O) groups is 1. The summed E-state index contributed by atoms with van der Waals surface area (Å²) in [5, 5.41) is 4.01. The maximum absolute atomic E-state index is 13.1. The van der Waals surface area contributed by atoms with Gasteiger partial charge in [0.15, 0.2) is 0 Å². The fourth-order valence-corrected chi connectivity index (χ4v) is 5.36. The zero-order valence-electron chi connectivity index (χ0n) is 18.7. The highest BCUT2D eigenvalue weighted by Crippen LogP contribution is 2.37. The van der Waals surface area contributed by atoms with Crippen LogP contribution in [0.2, 0.25) is 0 Å². The molecule has 0 saturated carbocycles. The van der Waals surface area contributed by atoms with Gasteiger partial charge in [-0.05, 0) is 75.1 Å². The summed E-state index contributed by atoms with van der Waals surface area (Å²) in [5.74, 6) is 2.30. The molecule has 6 nitrogen and oxygen atoms in total. The molecule has 1 atom stereocenters. The SMILES string of the molecule is Cc1c(C(=O)Nc2ccc(Oc3ccccc3)cc2)sc2ncnc(N3CCCC[C@H]3C)c12. The number of piperidine rings is 1. The van der Waals surface area contributed by atoms with Gasteiger partial charge in [0.25, 0.3) is 5.91 Å². The molecule has 1 amide bonds. The van der Waals surface area contributed by atoms with Gasteiger partial charge in [-0.3, -0.25) is 4.79 Å². The Hall–Kier alpha value is -3.45. The first-order chi connectivity index (χ1) is 16.1. The van der Waals surface area contributed by atoms with Crippen LogP contribution in [0.15, 0.2) is 60.9 Å². The molecule has 1 fully saturated rings. The third-order valence-electron chi connectivity index (χ3n) is 6.08. The molecule has 2 aromatic heterocycles. The molecule has 168 valence electrons. The zero-order chi connectivity index (χ0) is 22.8. The van der Waals surface area contributed by atoms with Gasteiger partial charge >= 0.3 is 0 Å². The van der Waals surface area contributed by atoms with Gasteiger partial charge < -0.3 is 15.0 Å². The number of carbonyl (C=O) groups excluding carboxylic acids is 1. The van der Waals surface area contributed by atoms with Gasteiger partial charge in [0, 0.05) is 18.3 Å². The van der Waals surface area contributed by atoms with Crippen molar-refractivity contribution in [1.29, 1.82) is 0 Å². The number of amides is 1. The fourth-order valence-electron chi connectivity index (χ4n) is 4.32. The molecule has 1 aliphatic rings. The number of aryl methyl sites for hydroxylation is 1. The van der Waals surface area contributed by atoms with Crippen LogP contribution in [-0.2, 0) is 0 Å². The Morgan fingerprint density at radius 2 is 1.82 bits per heavy atom. The predicted molar refractivity (Wildman–Crippen MR) is 134 cm³/mol. The maximum atomic E-state index is 13.1. The number of thiophene rings is 1. The Kier molecular flexibility index (Phi) is 5.96. The number of para-hydroxylation sites is 1. The highest BCUT2D eigenvalue weighted by atomic mass is 32.1. The Bertz CT molecular complexity index is 1270. The fraction of sp³-hybridized carbons (Fsp3) is 0.269. The monoisotopic (exact) mass is 458 g/mol. The van der Waals surface area contributed by atoms with E-state index in [9.17, 15) is 4.79 Å². The van der Waals surface area contributed by atoms with E-state index in [0.717, 1.165) is 46.7 Å². The van der Waals surface area contributed by atoms with E-state index in [4.69, 9.17) is 4.74 Å². The maximum Gasteiger partial charge on any atom is 0.266 e. The number of anilines is 2. The minimum Gasteiger partial charge on any atom is -0.457 e. The van der Waals surface area contributed by atoms with Crippen molar-refractivity contribution in [1.82, 2.24) is 9.97 Å². The van der Waals surface area contributed by atoms with Gasteiger partial charge in [-0.2, -0.15) is 0 Å². The molecule has 7 heteroatoms. The van der Waals surface area contributed by atoms with Gasteiger partial charge in [0.1, 0.15) is 28.5 Å². The largest absolute Gasteiger partial charge is 0.457 e. The van der Waals surface area contributed by atoms with E-state index in [1.54, 1.807) is 6.33 Å². The van der Waals surface area contributed by atoms with Crippen molar-refractivity contribution in [3.05, 3.63) is 71.4 Å². The van der Waals surface area contributed by atoms with E-state index in [-0.39, 0.29) is 5.91 Å².